The van der Waals surface area contributed by atoms with E-state index in [0.29, 0.717) is 19.3 Å². The molecule has 0 saturated carbocycles. The van der Waals surface area contributed by atoms with E-state index in [4.69, 9.17) is 0 Å². The van der Waals surface area contributed by atoms with Gasteiger partial charge in [-0.3, -0.25) is 0 Å². The van der Waals surface area contributed by atoms with Gasteiger partial charge in [0.1, 0.15) is 0 Å². The molecule has 0 aromatic heterocycles. The molecular weight excluding hydrogens is 632 g/mol. The van der Waals surface area contributed by atoms with Crippen LogP contribution < -0.4 is 5.32 Å². The average molecular weight is 663 g/mol. The fourth-order valence-corrected chi connectivity index (χ4v) is 4.24. The monoisotopic (exact) mass is 663 g/mol. The smallest absolute Gasteiger partial charge is 0.314 e. The van der Waals surface area contributed by atoms with Gasteiger partial charge in [-0.1, -0.05) is 39.0 Å². The van der Waals surface area contributed by atoms with Crippen LogP contribution in [0.2, 0.25) is 0 Å². The first-order valence-electron chi connectivity index (χ1n) is 12.6. The van der Waals surface area contributed by atoms with Crippen molar-refractivity contribution in [1.29, 1.82) is 0 Å². The van der Waals surface area contributed by atoms with Gasteiger partial charge in [0.15, 0.2) is 0 Å². The molecule has 0 atom stereocenters. The summed E-state index contributed by atoms with van der Waals surface area (Å²) in [6.07, 6.45) is -20.4. The molecule has 0 unspecified atom stereocenters. The summed E-state index contributed by atoms with van der Waals surface area (Å²) in [6.45, 7) is 1.81. The molecule has 1 nitrogen and oxygen atoms in total. The number of hydrogen-bond acceptors (Lipinski definition) is 1. The van der Waals surface area contributed by atoms with Gasteiger partial charge < -0.3 is 5.32 Å². The van der Waals surface area contributed by atoms with Crippen LogP contribution in [0, 0.1) is 0 Å². The molecule has 0 fully saturated rings. The SMILES string of the molecule is CCCCCCCC(CCCC(F)(F)C(F)(F)C(F)(F)C(F)(F)F)(CCCC(F)(F)C(F)(F)C(F)(F)C(F)(F)F)NC. The predicted octanol–water partition coefficient (Wildman–Crippen LogP) is 10.6. The van der Waals surface area contributed by atoms with Crippen molar-refractivity contribution in [1.82, 2.24) is 5.32 Å². The predicted molar refractivity (Wildman–Crippen MR) is 115 cm³/mol. The maximum absolute atomic E-state index is 13.9. The topological polar surface area (TPSA) is 12.0 Å². The van der Waals surface area contributed by atoms with E-state index in [0.717, 1.165) is 13.5 Å². The van der Waals surface area contributed by atoms with Gasteiger partial charge in [-0.15, -0.1) is 0 Å². The maximum Gasteiger partial charge on any atom is 0.460 e. The van der Waals surface area contributed by atoms with Crippen molar-refractivity contribution in [3.05, 3.63) is 0 Å². The maximum atomic E-state index is 13.9. The third-order valence-corrected chi connectivity index (χ3v) is 7.00. The van der Waals surface area contributed by atoms with Crippen molar-refractivity contribution < 1.29 is 79.0 Å². The van der Waals surface area contributed by atoms with Gasteiger partial charge in [0.05, 0.1) is 0 Å². The van der Waals surface area contributed by atoms with Crippen LogP contribution in [-0.2, 0) is 0 Å². The van der Waals surface area contributed by atoms with E-state index in [1.807, 2.05) is 6.92 Å². The number of halogens is 18. The highest BCUT2D eigenvalue weighted by atomic mass is 19.4. The summed E-state index contributed by atoms with van der Waals surface area (Å²) >= 11 is 0. The zero-order chi connectivity index (χ0) is 33.7. The molecule has 0 rings (SSSR count). The lowest BCUT2D eigenvalue weighted by atomic mass is 9.81. The van der Waals surface area contributed by atoms with Crippen molar-refractivity contribution in [2.24, 2.45) is 0 Å². The molecule has 0 aromatic carbocycles. The molecule has 0 aromatic rings. The number of nitrogens with one attached hydrogen (secondary N) is 1. The molecular formula is C23H31F18N. The molecule has 19 heteroatoms. The molecule has 0 aliphatic heterocycles. The van der Waals surface area contributed by atoms with E-state index >= 15 is 0 Å². The van der Waals surface area contributed by atoms with Crippen LogP contribution >= 0.6 is 0 Å². The lowest BCUT2D eigenvalue weighted by Gasteiger charge is -2.37. The molecule has 0 saturated heterocycles. The molecule has 0 amide bonds. The summed E-state index contributed by atoms with van der Waals surface area (Å²) in [5.41, 5.74) is -1.72. The van der Waals surface area contributed by atoms with E-state index in [2.05, 4.69) is 5.32 Å². The van der Waals surface area contributed by atoms with Crippen molar-refractivity contribution >= 4 is 0 Å². The lowest BCUT2D eigenvalue weighted by Crippen LogP contribution is -2.61. The van der Waals surface area contributed by atoms with E-state index in [1.165, 1.54) is 0 Å². The summed E-state index contributed by atoms with van der Waals surface area (Å²) in [7, 11) is 1.06. The van der Waals surface area contributed by atoms with Crippen LogP contribution in [0.4, 0.5) is 79.0 Å². The van der Waals surface area contributed by atoms with E-state index < -0.39 is 92.0 Å². The van der Waals surface area contributed by atoms with Crippen molar-refractivity contribution in [3.63, 3.8) is 0 Å². The summed E-state index contributed by atoms with van der Waals surface area (Å²) in [6, 6.07) is 0. The van der Waals surface area contributed by atoms with Crippen molar-refractivity contribution in [2.45, 2.75) is 137 Å². The zero-order valence-corrected chi connectivity index (χ0v) is 22.3. The van der Waals surface area contributed by atoms with Gasteiger partial charge in [0.2, 0.25) is 0 Å². The summed E-state index contributed by atoms with van der Waals surface area (Å²) in [5, 5.41) is 2.44. The molecule has 0 aliphatic rings. The quantitative estimate of drug-likeness (QED) is 0.107. The van der Waals surface area contributed by atoms with Gasteiger partial charge in [0.25, 0.3) is 0 Å². The largest absolute Gasteiger partial charge is 0.460 e. The van der Waals surface area contributed by atoms with Crippen LogP contribution in [0.3, 0.4) is 0 Å². The first-order valence-corrected chi connectivity index (χ1v) is 12.6. The summed E-state index contributed by atoms with van der Waals surface area (Å²) in [4.78, 5) is 0. The number of rotatable bonds is 19. The third-order valence-electron chi connectivity index (χ3n) is 7.00. The first kappa shape index (κ1) is 40.7. The highest BCUT2D eigenvalue weighted by Gasteiger charge is 2.82. The van der Waals surface area contributed by atoms with E-state index in [9.17, 15) is 79.0 Å². The second-order valence-electron chi connectivity index (χ2n) is 10.1. The van der Waals surface area contributed by atoms with Gasteiger partial charge in [-0.2, -0.15) is 79.0 Å². The molecule has 0 aliphatic carbocycles. The number of alkyl halides is 18. The Morgan fingerprint density at radius 3 is 0.976 bits per heavy atom. The standard InChI is InChI=1S/C23H31F18N/c1-3-4-5-6-7-10-15(42-2,11-8-13-16(24,25)18(28,29)20(32,33)22(36,37)38)12-9-14-17(26,27)19(30,31)21(34,35)23(39,40)41/h42H,3-14H2,1-2H3. The Bertz CT molecular complexity index is 759. The summed E-state index contributed by atoms with van der Waals surface area (Å²) < 4.78 is 236. The minimum atomic E-state index is -7.14. The van der Waals surface area contributed by atoms with Crippen molar-refractivity contribution in [3.8, 4) is 0 Å². The van der Waals surface area contributed by atoms with Crippen LogP contribution in [0.15, 0.2) is 0 Å². The van der Waals surface area contributed by atoms with Crippen LogP contribution in [0.1, 0.15) is 84.0 Å². The third kappa shape index (κ3) is 8.66. The lowest BCUT2D eigenvalue weighted by molar-refractivity contribution is -0.397. The molecule has 1 N–H and O–H groups in total. The molecule has 254 valence electrons. The molecule has 0 heterocycles. The summed E-state index contributed by atoms with van der Waals surface area (Å²) in [5.74, 6) is -40.0. The van der Waals surface area contributed by atoms with E-state index in [1.54, 1.807) is 0 Å². The number of unbranched alkanes of at least 4 members (excludes halogenated alkanes) is 4. The zero-order valence-electron chi connectivity index (χ0n) is 22.3. The minimum Gasteiger partial charge on any atom is -0.314 e. The van der Waals surface area contributed by atoms with Gasteiger partial charge >= 0.3 is 47.9 Å². The second kappa shape index (κ2) is 13.8. The minimum absolute atomic E-state index is 0.151. The van der Waals surface area contributed by atoms with Crippen LogP contribution in [-0.4, -0.2) is 60.5 Å². The Morgan fingerprint density at radius 2 is 0.690 bits per heavy atom. The van der Waals surface area contributed by atoms with Gasteiger partial charge in [0, 0.05) is 18.4 Å². The van der Waals surface area contributed by atoms with Gasteiger partial charge in [-0.05, 0) is 39.2 Å². The van der Waals surface area contributed by atoms with E-state index in [-0.39, 0.29) is 12.8 Å². The Labute approximate surface area is 229 Å². The Morgan fingerprint density at radius 1 is 0.381 bits per heavy atom. The second-order valence-corrected chi connectivity index (χ2v) is 10.1. The van der Waals surface area contributed by atoms with Crippen molar-refractivity contribution in [2.75, 3.05) is 7.05 Å². The molecule has 0 radical (unpaired) electrons. The average Bonchev–Trinajstić information content (AvgIpc) is 2.81. The Kier molecular flexibility index (Phi) is 13.3. The Hall–Kier alpha value is -1.30. The first-order chi connectivity index (χ1) is 18.5. The highest BCUT2D eigenvalue weighted by Crippen LogP contribution is 2.56. The fourth-order valence-electron chi connectivity index (χ4n) is 4.24. The normalized spacial score (nSPS) is 15.4. The van der Waals surface area contributed by atoms with Crippen LogP contribution in [0.5, 0.6) is 0 Å². The molecule has 42 heavy (non-hydrogen) atoms. The van der Waals surface area contributed by atoms with Gasteiger partial charge in [-0.25, -0.2) is 0 Å². The number of hydrogen-bond donors (Lipinski definition) is 1. The molecule has 0 bridgehead atoms. The Balaban J connectivity index is 5.86. The fraction of sp³-hybridized carbons (Fsp3) is 1.00. The highest BCUT2D eigenvalue weighted by molar-refractivity contribution is 5.02. The van der Waals surface area contributed by atoms with Crippen LogP contribution in [0.25, 0.3) is 0 Å². The molecule has 0 spiro atoms.